The van der Waals surface area contributed by atoms with Gasteiger partial charge in [-0.2, -0.15) is 0 Å². The topological polar surface area (TPSA) is 49.4 Å². The number of nitrogens with one attached hydrogen (secondary N) is 1. The van der Waals surface area contributed by atoms with E-state index < -0.39 is 0 Å². The number of carbonyl (C=O) groups excluding carboxylic acids is 2. The Hall–Kier alpha value is -2.18. The van der Waals surface area contributed by atoms with Gasteiger partial charge >= 0.3 is 0 Å². The van der Waals surface area contributed by atoms with Gasteiger partial charge in [-0.05, 0) is 26.0 Å². The second-order valence-electron chi connectivity index (χ2n) is 5.86. The number of ketones is 2. The lowest BCUT2D eigenvalue weighted by atomic mass is 9.83. The van der Waals surface area contributed by atoms with Crippen molar-refractivity contribution in [2.75, 3.05) is 25.5 Å². The minimum Gasteiger partial charge on any atom is -0.388 e. The molecule has 0 saturated carbocycles. The van der Waals surface area contributed by atoms with Crippen molar-refractivity contribution in [2.45, 2.75) is 18.7 Å². The first kappa shape index (κ1) is 18.6. The molecule has 0 heterocycles. The molecule has 2 aromatic rings. The molecule has 0 amide bonds. The average molecular weight is 385 g/mol. The van der Waals surface area contributed by atoms with Crippen LogP contribution in [0.2, 0.25) is 0 Å². The predicted molar refractivity (Wildman–Crippen MR) is 111 cm³/mol. The van der Waals surface area contributed by atoms with Crippen LogP contribution in [0.5, 0.6) is 0 Å². The van der Waals surface area contributed by atoms with Crippen molar-refractivity contribution < 1.29 is 9.59 Å². The van der Waals surface area contributed by atoms with E-state index in [1.165, 1.54) is 11.8 Å². The fourth-order valence-electron chi connectivity index (χ4n) is 3.13. The summed E-state index contributed by atoms with van der Waals surface area (Å²) in [5, 5.41) is 3.04. The van der Waals surface area contributed by atoms with Crippen LogP contribution in [0.15, 0.2) is 41.3 Å². The first-order valence-corrected chi connectivity index (χ1v) is 9.75. The Morgan fingerprint density at radius 3 is 2.12 bits per heavy atom. The van der Waals surface area contributed by atoms with Crippen LogP contribution in [0.3, 0.4) is 0 Å². The van der Waals surface area contributed by atoms with Crippen LogP contribution >= 0.6 is 24.0 Å². The Labute approximate surface area is 163 Å². The Bertz CT molecular complexity index is 905. The van der Waals surface area contributed by atoms with Gasteiger partial charge in [0.1, 0.15) is 4.32 Å². The summed E-state index contributed by atoms with van der Waals surface area (Å²) in [6.45, 7) is 5.69. The molecular formula is C20H20N2O2S2. The molecule has 0 radical (unpaired) electrons. The van der Waals surface area contributed by atoms with Gasteiger partial charge in [-0.1, -0.05) is 48.2 Å². The highest BCUT2D eigenvalue weighted by molar-refractivity contribution is 8.23. The lowest BCUT2D eigenvalue weighted by Gasteiger charge is -2.25. The Balaban J connectivity index is 2.15. The zero-order valence-electron chi connectivity index (χ0n) is 15.0. The van der Waals surface area contributed by atoms with E-state index in [9.17, 15) is 9.59 Å². The van der Waals surface area contributed by atoms with Crippen LogP contribution in [-0.4, -0.2) is 40.9 Å². The van der Waals surface area contributed by atoms with E-state index in [1.54, 1.807) is 31.3 Å². The Morgan fingerprint density at radius 2 is 1.58 bits per heavy atom. The summed E-state index contributed by atoms with van der Waals surface area (Å²) >= 11 is 6.92. The molecule has 4 nitrogen and oxygen atoms in total. The van der Waals surface area contributed by atoms with E-state index in [-0.39, 0.29) is 11.6 Å². The molecule has 0 atom stereocenters. The first-order chi connectivity index (χ1) is 12.5. The average Bonchev–Trinajstić information content (AvgIpc) is 2.66. The summed E-state index contributed by atoms with van der Waals surface area (Å²) in [7, 11) is 1.75. The highest BCUT2D eigenvalue weighted by Crippen LogP contribution is 2.38. The number of thioether (sulfide) groups is 1. The maximum atomic E-state index is 13.2. The van der Waals surface area contributed by atoms with E-state index >= 15 is 0 Å². The summed E-state index contributed by atoms with van der Waals surface area (Å²) in [6.07, 6.45) is 0. The number of hydrogen-bond acceptors (Lipinski definition) is 5. The van der Waals surface area contributed by atoms with E-state index in [0.717, 1.165) is 18.0 Å². The summed E-state index contributed by atoms with van der Waals surface area (Å²) in [6, 6.07) is 10.7. The maximum absolute atomic E-state index is 13.2. The summed E-state index contributed by atoms with van der Waals surface area (Å²) < 4.78 is 0.702. The molecule has 2 aromatic carbocycles. The van der Waals surface area contributed by atoms with Gasteiger partial charge in [-0.15, -0.1) is 0 Å². The fourth-order valence-corrected chi connectivity index (χ4v) is 4.66. The molecule has 0 saturated heterocycles. The lowest BCUT2D eigenvalue weighted by molar-refractivity contribution is 0.0977. The third-order valence-corrected chi connectivity index (χ3v) is 6.03. The zero-order chi connectivity index (χ0) is 18.8. The normalized spacial score (nSPS) is 12.4. The van der Waals surface area contributed by atoms with Gasteiger partial charge in [0, 0.05) is 47.4 Å². The molecule has 0 aliphatic heterocycles. The third-order valence-electron chi connectivity index (χ3n) is 4.53. The molecule has 0 aromatic heterocycles. The van der Waals surface area contributed by atoms with E-state index in [0.29, 0.717) is 32.3 Å². The van der Waals surface area contributed by atoms with Gasteiger partial charge in [0.2, 0.25) is 0 Å². The molecule has 1 aliphatic rings. The molecule has 3 rings (SSSR count). The van der Waals surface area contributed by atoms with Gasteiger partial charge in [0.05, 0.1) is 5.56 Å². The Kier molecular flexibility index (Phi) is 5.44. The number of carbonyl (C=O) groups is 2. The Morgan fingerprint density at radius 1 is 1.00 bits per heavy atom. The van der Waals surface area contributed by atoms with Crippen molar-refractivity contribution in [1.82, 2.24) is 4.90 Å². The molecule has 26 heavy (non-hydrogen) atoms. The number of benzene rings is 2. The molecule has 134 valence electrons. The van der Waals surface area contributed by atoms with E-state index in [1.807, 2.05) is 26.0 Å². The highest BCUT2D eigenvalue weighted by Gasteiger charge is 2.34. The molecular weight excluding hydrogens is 364 g/mol. The minimum atomic E-state index is -0.129. The van der Waals surface area contributed by atoms with Crippen LogP contribution in [0.4, 0.5) is 5.69 Å². The quantitative estimate of drug-likeness (QED) is 0.537. The molecule has 6 heteroatoms. The van der Waals surface area contributed by atoms with E-state index in [2.05, 4.69) is 10.2 Å². The van der Waals surface area contributed by atoms with E-state index in [4.69, 9.17) is 12.2 Å². The number of rotatable bonds is 4. The standard InChI is InChI=1S/C20H20N2O2S2/c1-4-22(5-2)20(25)26-15-11-10-14(21-3)16-17(15)19(24)13-9-7-6-8-12(13)18(16)23/h6-11,21H,4-5H2,1-3H3. The maximum Gasteiger partial charge on any atom is 0.196 e. The van der Waals surface area contributed by atoms with Crippen molar-refractivity contribution in [3.05, 3.63) is 58.7 Å². The summed E-state index contributed by atoms with van der Waals surface area (Å²) in [5.41, 5.74) is 2.44. The molecule has 0 bridgehead atoms. The van der Waals surface area contributed by atoms with Gasteiger partial charge in [0.15, 0.2) is 11.6 Å². The number of nitrogens with zero attached hydrogens (tertiary/aromatic N) is 1. The second-order valence-corrected chi connectivity index (χ2v) is 7.53. The first-order valence-electron chi connectivity index (χ1n) is 8.53. The number of thiocarbonyl (C=S) groups is 1. The third kappa shape index (κ3) is 3.04. The monoisotopic (exact) mass is 384 g/mol. The van der Waals surface area contributed by atoms with Gasteiger partial charge in [-0.3, -0.25) is 9.59 Å². The molecule has 1 aliphatic carbocycles. The molecule has 0 spiro atoms. The highest BCUT2D eigenvalue weighted by atomic mass is 32.2. The largest absolute Gasteiger partial charge is 0.388 e. The number of anilines is 1. The second kappa shape index (κ2) is 7.60. The van der Waals surface area contributed by atoms with Crippen molar-refractivity contribution in [1.29, 1.82) is 0 Å². The summed E-state index contributed by atoms with van der Waals surface area (Å²) in [4.78, 5) is 29.0. The van der Waals surface area contributed by atoms with Gasteiger partial charge < -0.3 is 10.2 Å². The number of hydrogen-bond donors (Lipinski definition) is 1. The van der Waals surface area contributed by atoms with Crippen LogP contribution in [0, 0.1) is 0 Å². The molecule has 1 N–H and O–H groups in total. The van der Waals surface area contributed by atoms with Crippen LogP contribution < -0.4 is 5.32 Å². The smallest absolute Gasteiger partial charge is 0.196 e. The van der Waals surface area contributed by atoms with Crippen molar-refractivity contribution >= 4 is 45.6 Å². The summed E-state index contributed by atoms with van der Waals surface area (Å²) in [5.74, 6) is -0.257. The molecule has 0 fully saturated rings. The fraction of sp³-hybridized carbons (Fsp3) is 0.250. The SMILES string of the molecule is CCN(CC)C(=S)Sc1ccc(NC)c2c1C(=O)c1ccccc1C2=O. The van der Waals surface area contributed by atoms with Crippen molar-refractivity contribution in [2.24, 2.45) is 0 Å². The molecule has 0 unspecified atom stereocenters. The van der Waals surface area contributed by atoms with Crippen LogP contribution in [0.25, 0.3) is 0 Å². The minimum absolute atomic E-state index is 0.128. The van der Waals surface area contributed by atoms with Crippen LogP contribution in [0.1, 0.15) is 45.7 Å². The van der Waals surface area contributed by atoms with Gasteiger partial charge in [-0.25, -0.2) is 0 Å². The predicted octanol–water partition coefficient (Wildman–Crippen LogP) is 4.22. The number of fused-ring (bicyclic) bond motifs is 2. The van der Waals surface area contributed by atoms with Crippen molar-refractivity contribution in [3.63, 3.8) is 0 Å². The van der Waals surface area contributed by atoms with Gasteiger partial charge in [0.25, 0.3) is 0 Å². The van der Waals surface area contributed by atoms with Crippen LogP contribution in [-0.2, 0) is 0 Å². The van der Waals surface area contributed by atoms with Crippen molar-refractivity contribution in [3.8, 4) is 0 Å². The zero-order valence-corrected chi connectivity index (χ0v) is 16.6. The lowest BCUT2D eigenvalue weighted by Crippen LogP contribution is -2.27.